The molecule has 0 saturated carbocycles. The second kappa shape index (κ2) is 5.27. The van der Waals surface area contributed by atoms with Crippen molar-refractivity contribution in [3.8, 4) is 11.3 Å². The second-order valence-electron chi connectivity index (χ2n) is 3.49. The van der Waals surface area contributed by atoms with Crippen molar-refractivity contribution in [1.82, 2.24) is 9.97 Å². The van der Waals surface area contributed by atoms with E-state index in [9.17, 15) is 13.6 Å². The first kappa shape index (κ1) is 13.4. The summed E-state index contributed by atoms with van der Waals surface area (Å²) in [4.78, 5) is 18.4. The van der Waals surface area contributed by atoms with Gasteiger partial charge in [0.05, 0.1) is 18.9 Å². The Bertz CT molecular complexity index is 650. The van der Waals surface area contributed by atoms with E-state index in [4.69, 9.17) is 11.6 Å². The highest BCUT2D eigenvalue weighted by atomic mass is 35.5. The molecule has 1 aromatic carbocycles. The standard InChI is InChI=1S/C12H7ClF2N2O2/c1-19-11(18)7-4-2-3-6(9(7)15)10-8(14)5-16-12(13)17-10/h2-5H,1H3. The Morgan fingerprint density at radius 1 is 1.37 bits per heavy atom. The van der Waals surface area contributed by atoms with Gasteiger partial charge in [0, 0.05) is 5.56 Å². The number of hydrogen-bond donors (Lipinski definition) is 0. The highest BCUT2D eigenvalue weighted by Gasteiger charge is 2.19. The lowest BCUT2D eigenvalue weighted by Gasteiger charge is -2.07. The zero-order chi connectivity index (χ0) is 14.0. The summed E-state index contributed by atoms with van der Waals surface area (Å²) in [7, 11) is 1.12. The molecule has 4 nitrogen and oxygen atoms in total. The molecule has 0 unspecified atom stereocenters. The topological polar surface area (TPSA) is 52.1 Å². The maximum Gasteiger partial charge on any atom is 0.340 e. The molecule has 0 radical (unpaired) electrons. The number of halogens is 3. The van der Waals surface area contributed by atoms with E-state index in [2.05, 4.69) is 14.7 Å². The fourth-order valence-corrected chi connectivity index (χ4v) is 1.65. The smallest absolute Gasteiger partial charge is 0.340 e. The molecule has 0 fully saturated rings. The van der Waals surface area contributed by atoms with E-state index >= 15 is 0 Å². The number of aromatic nitrogens is 2. The van der Waals surface area contributed by atoms with Crippen LogP contribution in [0.3, 0.4) is 0 Å². The fourth-order valence-electron chi connectivity index (χ4n) is 1.52. The van der Waals surface area contributed by atoms with E-state index in [1.54, 1.807) is 0 Å². The molecule has 0 bridgehead atoms. The van der Waals surface area contributed by atoms with Crippen molar-refractivity contribution >= 4 is 17.6 Å². The van der Waals surface area contributed by atoms with Gasteiger partial charge < -0.3 is 4.74 Å². The molecule has 0 aliphatic rings. The van der Waals surface area contributed by atoms with Gasteiger partial charge in [0.2, 0.25) is 5.28 Å². The molecule has 2 rings (SSSR count). The molecule has 0 spiro atoms. The number of carbonyl (C=O) groups is 1. The van der Waals surface area contributed by atoms with E-state index in [-0.39, 0.29) is 22.1 Å². The number of methoxy groups -OCH3 is 1. The summed E-state index contributed by atoms with van der Waals surface area (Å²) < 4.78 is 32.2. The van der Waals surface area contributed by atoms with Gasteiger partial charge in [-0.3, -0.25) is 0 Å². The molecule has 2 aromatic rings. The largest absolute Gasteiger partial charge is 0.465 e. The van der Waals surface area contributed by atoms with Crippen LogP contribution in [0.2, 0.25) is 5.28 Å². The Morgan fingerprint density at radius 2 is 2.11 bits per heavy atom. The van der Waals surface area contributed by atoms with Crippen molar-refractivity contribution in [2.45, 2.75) is 0 Å². The van der Waals surface area contributed by atoms with Crippen molar-refractivity contribution in [3.63, 3.8) is 0 Å². The molecule has 7 heteroatoms. The van der Waals surface area contributed by atoms with Crippen LogP contribution >= 0.6 is 11.6 Å². The minimum Gasteiger partial charge on any atom is -0.465 e. The van der Waals surface area contributed by atoms with Gasteiger partial charge in [-0.05, 0) is 23.7 Å². The van der Waals surface area contributed by atoms with E-state index in [0.717, 1.165) is 13.3 Å². The number of nitrogens with zero attached hydrogens (tertiary/aromatic N) is 2. The summed E-state index contributed by atoms with van der Waals surface area (Å²) in [5.74, 6) is -2.63. The summed E-state index contributed by atoms with van der Waals surface area (Å²) in [6, 6.07) is 3.90. The lowest BCUT2D eigenvalue weighted by molar-refractivity contribution is 0.0595. The number of rotatable bonds is 2. The van der Waals surface area contributed by atoms with Gasteiger partial charge >= 0.3 is 5.97 Å². The van der Waals surface area contributed by atoms with Gasteiger partial charge in [-0.1, -0.05) is 6.07 Å². The van der Waals surface area contributed by atoms with Gasteiger partial charge in [0.25, 0.3) is 0 Å². The summed E-state index contributed by atoms with van der Waals surface area (Å²) in [6.45, 7) is 0. The van der Waals surface area contributed by atoms with E-state index < -0.39 is 17.6 Å². The number of esters is 1. The van der Waals surface area contributed by atoms with E-state index in [1.807, 2.05) is 0 Å². The van der Waals surface area contributed by atoms with Crippen LogP contribution in [0.1, 0.15) is 10.4 Å². The second-order valence-corrected chi connectivity index (χ2v) is 3.83. The Labute approximate surface area is 112 Å². The maximum atomic E-state index is 14.1. The first-order valence-electron chi connectivity index (χ1n) is 5.10. The lowest BCUT2D eigenvalue weighted by Crippen LogP contribution is -2.06. The minimum absolute atomic E-state index is 0.190. The van der Waals surface area contributed by atoms with E-state index in [1.165, 1.54) is 18.2 Å². The molecule has 0 aliphatic heterocycles. The zero-order valence-corrected chi connectivity index (χ0v) is 10.4. The fraction of sp³-hybridized carbons (Fsp3) is 0.0833. The average molecular weight is 285 g/mol. The summed E-state index contributed by atoms with van der Waals surface area (Å²) in [5, 5.41) is -0.223. The van der Waals surface area contributed by atoms with Gasteiger partial charge in [-0.25, -0.2) is 23.5 Å². The number of benzene rings is 1. The van der Waals surface area contributed by atoms with Gasteiger partial charge in [0.15, 0.2) is 5.82 Å². The maximum absolute atomic E-state index is 14.1. The predicted molar refractivity (Wildman–Crippen MR) is 63.7 cm³/mol. The Balaban J connectivity index is 2.63. The summed E-state index contributed by atoms with van der Waals surface area (Å²) in [6.07, 6.45) is 0.828. The molecule has 0 saturated heterocycles. The molecular formula is C12H7ClF2N2O2. The SMILES string of the molecule is COC(=O)c1cccc(-c2nc(Cl)ncc2F)c1F. The highest BCUT2D eigenvalue weighted by molar-refractivity contribution is 6.28. The quantitative estimate of drug-likeness (QED) is 0.628. The molecule has 19 heavy (non-hydrogen) atoms. The Morgan fingerprint density at radius 3 is 2.79 bits per heavy atom. The Hall–Kier alpha value is -2.08. The summed E-state index contributed by atoms with van der Waals surface area (Å²) in [5.41, 5.74) is -0.818. The Kier molecular flexibility index (Phi) is 3.71. The third kappa shape index (κ3) is 2.53. The molecule has 0 atom stereocenters. The normalized spacial score (nSPS) is 10.3. The predicted octanol–water partition coefficient (Wildman–Crippen LogP) is 2.86. The molecule has 0 amide bonds. The van der Waals surface area contributed by atoms with Crippen LogP contribution in [0.5, 0.6) is 0 Å². The number of carbonyl (C=O) groups excluding carboxylic acids is 1. The molecular weight excluding hydrogens is 278 g/mol. The molecule has 1 heterocycles. The van der Waals surface area contributed by atoms with Gasteiger partial charge in [0.1, 0.15) is 11.5 Å². The number of hydrogen-bond acceptors (Lipinski definition) is 4. The zero-order valence-electron chi connectivity index (χ0n) is 9.65. The van der Waals surface area contributed by atoms with Crippen LogP contribution in [0.4, 0.5) is 8.78 Å². The van der Waals surface area contributed by atoms with Crippen molar-refractivity contribution in [3.05, 3.63) is 46.9 Å². The van der Waals surface area contributed by atoms with Crippen LogP contribution in [-0.2, 0) is 4.74 Å². The van der Waals surface area contributed by atoms with Crippen LogP contribution in [-0.4, -0.2) is 23.0 Å². The van der Waals surface area contributed by atoms with Crippen LogP contribution in [0, 0.1) is 11.6 Å². The van der Waals surface area contributed by atoms with Crippen molar-refractivity contribution in [2.24, 2.45) is 0 Å². The third-order valence-electron chi connectivity index (χ3n) is 2.37. The van der Waals surface area contributed by atoms with Crippen molar-refractivity contribution in [1.29, 1.82) is 0 Å². The third-order valence-corrected chi connectivity index (χ3v) is 2.56. The highest BCUT2D eigenvalue weighted by Crippen LogP contribution is 2.26. The van der Waals surface area contributed by atoms with Crippen molar-refractivity contribution < 1.29 is 18.3 Å². The molecule has 98 valence electrons. The first-order valence-corrected chi connectivity index (χ1v) is 5.47. The molecule has 0 aliphatic carbocycles. The van der Waals surface area contributed by atoms with Crippen LogP contribution in [0.15, 0.2) is 24.4 Å². The van der Waals surface area contributed by atoms with Gasteiger partial charge in [-0.2, -0.15) is 0 Å². The minimum atomic E-state index is -0.928. The number of ether oxygens (including phenoxy) is 1. The van der Waals surface area contributed by atoms with Crippen LogP contribution in [0.25, 0.3) is 11.3 Å². The van der Waals surface area contributed by atoms with E-state index in [0.29, 0.717) is 0 Å². The molecule has 0 N–H and O–H groups in total. The van der Waals surface area contributed by atoms with Crippen LogP contribution < -0.4 is 0 Å². The van der Waals surface area contributed by atoms with Gasteiger partial charge in [-0.15, -0.1) is 0 Å². The molecule has 1 aromatic heterocycles. The monoisotopic (exact) mass is 284 g/mol. The first-order chi connectivity index (χ1) is 9.04. The average Bonchev–Trinajstić information content (AvgIpc) is 2.41. The van der Waals surface area contributed by atoms with Crippen molar-refractivity contribution in [2.75, 3.05) is 7.11 Å². The lowest BCUT2D eigenvalue weighted by atomic mass is 10.1. The summed E-state index contributed by atoms with van der Waals surface area (Å²) >= 11 is 5.55.